The maximum atomic E-state index is 12.9. The van der Waals surface area contributed by atoms with Gasteiger partial charge in [-0.25, -0.2) is 0 Å². The number of hydrogen-bond donors (Lipinski definition) is 1. The molecular weight excluding hydrogens is 452 g/mol. The van der Waals surface area contributed by atoms with Crippen molar-refractivity contribution in [1.82, 2.24) is 14.7 Å². The zero-order chi connectivity index (χ0) is 24.4. The van der Waals surface area contributed by atoms with Crippen LogP contribution >= 0.6 is 11.6 Å². The van der Waals surface area contributed by atoms with Crippen LogP contribution in [0.1, 0.15) is 56.6 Å². The molecule has 1 N–H and O–H groups in total. The van der Waals surface area contributed by atoms with E-state index >= 15 is 0 Å². The van der Waals surface area contributed by atoms with Crippen LogP contribution in [-0.4, -0.2) is 71.7 Å². The third kappa shape index (κ3) is 5.74. The highest BCUT2D eigenvalue weighted by Crippen LogP contribution is 2.30. The Bertz CT molecular complexity index is 946. The van der Waals surface area contributed by atoms with Crippen LogP contribution < -0.4 is 5.32 Å². The van der Waals surface area contributed by atoms with Crippen LogP contribution in [-0.2, 0) is 20.9 Å². The number of hydrogen-bond acceptors (Lipinski definition) is 4. The van der Waals surface area contributed by atoms with Crippen LogP contribution in [0.25, 0.3) is 0 Å². The monoisotopic (exact) mass is 488 g/mol. The first-order valence-electron chi connectivity index (χ1n) is 12.6. The van der Waals surface area contributed by atoms with Crippen LogP contribution in [0, 0.1) is 18.8 Å². The van der Waals surface area contributed by atoms with Crippen LogP contribution in [0.15, 0.2) is 12.1 Å². The molecule has 3 amide bonds. The average Bonchev–Trinajstić information content (AvgIpc) is 3.41. The lowest BCUT2D eigenvalue weighted by Gasteiger charge is -2.41. The molecule has 2 saturated heterocycles. The number of likely N-dealkylation sites (tertiary alicyclic amines) is 1. The fourth-order valence-electron chi connectivity index (χ4n) is 5.74. The number of halogens is 1. The molecule has 0 aromatic heterocycles. The molecule has 2 aliphatic heterocycles. The zero-order valence-corrected chi connectivity index (χ0v) is 21.4. The molecule has 0 spiro atoms. The summed E-state index contributed by atoms with van der Waals surface area (Å²) < 4.78 is 0. The number of nitrogens with one attached hydrogen (secondary N) is 1. The van der Waals surface area contributed by atoms with Gasteiger partial charge in [-0.3, -0.25) is 19.3 Å². The number of carbonyl (C=O) groups is 3. The van der Waals surface area contributed by atoms with Gasteiger partial charge in [0.2, 0.25) is 17.7 Å². The normalized spacial score (nSPS) is 24.2. The first-order chi connectivity index (χ1) is 16.2. The molecule has 3 fully saturated rings. The van der Waals surface area contributed by atoms with Gasteiger partial charge >= 0.3 is 0 Å². The van der Waals surface area contributed by atoms with Gasteiger partial charge in [0.25, 0.3) is 0 Å². The minimum atomic E-state index is -0.0860. The van der Waals surface area contributed by atoms with E-state index in [0.29, 0.717) is 30.3 Å². The van der Waals surface area contributed by atoms with Crippen molar-refractivity contribution >= 4 is 35.0 Å². The fraction of sp³-hybridized carbons (Fsp3) is 0.654. The maximum Gasteiger partial charge on any atom is 0.226 e. The summed E-state index contributed by atoms with van der Waals surface area (Å²) in [5, 5.41) is 3.62. The Hall–Kier alpha value is -2.12. The molecule has 1 saturated carbocycles. The van der Waals surface area contributed by atoms with Gasteiger partial charge in [0, 0.05) is 75.3 Å². The van der Waals surface area contributed by atoms with Crippen molar-refractivity contribution in [1.29, 1.82) is 0 Å². The van der Waals surface area contributed by atoms with E-state index < -0.39 is 0 Å². The number of amides is 3. The van der Waals surface area contributed by atoms with Crippen LogP contribution in [0.2, 0.25) is 5.02 Å². The molecular formula is C26H37ClN4O3. The predicted octanol–water partition coefficient (Wildman–Crippen LogP) is 3.68. The van der Waals surface area contributed by atoms with E-state index in [4.69, 9.17) is 11.6 Å². The van der Waals surface area contributed by atoms with Crippen molar-refractivity contribution < 1.29 is 14.4 Å². The summed E-state index contributed by atoms with van der Waals surface area (Å²) >= 11 is 6.42. The highest BCUT2D eigenvalue weighted by atomic mass is 35.5. The van der Waals surface area contributed by atoms with Crippen molar-refractivity contribution in [3.05, 3.63) is 28.3 Å². The van der Waals surface area contributed by atoms with Crippen molar-refractivity contribution in [2.24, 2.45) is 11.8 Å². The Morgan fingerprint density at radius 3 is 2.53 bits per heavy atom. The highest BCUT2D eigenvalue weighted by molar-refractivity contribution is 6.31. The van der Waals surface area contributed by atoms with Gasteiger partial charge in [0.1, 0.15) is 0 Å². The summed E-state index contributed by atoms with van der Waals surface area (Å²) in [4.78, 5) is 43.5. The Morgan fingerprint density at radius 1 is 1.15 bits per heavy atom. The average molecular weight is 489 g/mol. The molecule has 34 heavy (non-hydrogen) atoms. The number of carbonyl (C=O) groups excluding carboxylic acids is 3. The largest absolute Gasteiger partial charge is 0.345 e. The Morgan fingerprint density at radius 2 is 1.88 bits per heavy atom. The van der Waals surface area contributed by atoms with Crippen LogP contribution in [0.5, 0.6) is 0 Å². The van der Waals surface area contributed by atoms with Gasteiger partial charge in [0.15, 0.2) is 0 Å². The standard InChI is InChI=1S/C26H37ClN4O3/c1-17-14-30(8-9-31(17)26(34)20-6-4-5-7-20)16-21-12-22(27)13-23(18(21)2)28-24(32)10-19-11-25(33)29(3)15-19/h12-13,17,19-20H,4-11,14-16H2,1-3H3,(H,28,32)/t17-,19-/m0/s1. The second kappa shape index (κ2) is 10.6. The van der Waals surface area contributed by atoms with E-state index in [9.17, 15) is 14.4 Å². The summed E-state index contributed by atoms with van der Waals surface area (Å²) in [6.45, 7) is 7.92. The Balaban J connectivity index is 1.36. The lowest BCUT2D eigenvalue weighted by Crippen LogP contribution is -2.54. The van der Waals surface area contributed by atoms with E-state index in [1.165, 1.54) is 12.8 Å². The summed E-state index contributed by atoms with van der Waals surface area (Å²) in [5.41, 5.74) is 2.82. The van der Waals surface area contributed by atoms with Gasteiger partial charge in [-0.15, -0.1) is 0 Å². The second-order valence-corrected chi connectivity index (χ2v) is 10.9. The first-order valence-corrected chi connectivity index (χ1v) is 12.9. The third-order valence-corrected chi connectivity index (χ3v) is 7.96. The molecule has 0 radical (unpaired) electrons. The van der Waals surface area contributed by atoms with E-state index in [-0.39, 0.29) is 29.7 Å². The molecule has 2 heterocycles. The quantitative estimate of drug-likeness (QED) is 0.663. The van der Waals surface area contributed by atoms with Crippen LogP contribution in [0.4, 0.5) is 5.69 Å². The Kier molecular flexibility index (Phi) is 7.83. The van der Waals surface area contributed by atoms with Gasteiger partial charge in [-0.05, 0) is 55.9 Å². The smallest absolute Gasteiger partial charge is 0.226 e. The summed E-state index contributed by atoms with van der Waals surface area (Å²) in [5.74, 6) is 0.624. The molecule has 3 aliphatic rings. The lowest BCUT2D eigenvalue weighted by atomic mass is 10.0. The van der Waals surface area contributed by atoms with Gasteiger partial charge < -0.3 is 15.1 Å². The number of benzene rings is 1. The van der Waals surface area contributed by atoms with Crippen molar-refractivity contribution in [2.45, 2.75) is 65.0 Å². The molecule has 1 aromatic rings. The molecule has 0 unspecified atom stereocenters. The van der Waals surface area contributed by atoms with Crippen molar-refractivity contribution in [2.75, 3.05) is 38.5 Å². The Labute approximate surface area is 207 Å². The van der Waals surface area contributed by atoms with E-state index in [2.05, 4.69) is 22.0 Å². The number of rotatable bonds is 6. The second-order valence-electron chi connectivity index (χ2n) is 10.4. The van der Waals surface area contributed by atoms with Gasteiger partial charge in [0.05, 0.1) is 0 Å². The van der Waals surface area contributed by atoms with Crippen molar-refractivity contribution in [3.8, 4) is 0 Å². The summed E-state index contributed by atoms with van der Waals surface area (Å²) in [6, 6.07) is 3.95. The number of piperazine rings is 1. The van der Waals surface area contributed by atoms with E-state index in [1.54, 1.807) is 18.0 Å². The molecule has 0 bridgehead atoms. The van der Waals surface area contributed by atoms with E-state index in [1.807, 2.05) is 13.0 Å². The molecule has 1 aliphatic carbocycles. The molecule has 186 valence electrons. The number of anilines is 1. The molecule has 7 nitrogen and oxygen atoms in total. The lowest BCUT2D eigenvalue weighted by molar-refractivity contribution is -0.140. The fourth-order valence-corrected chi connectivity index (χ4v) is 5.98. The zero-order valence-electron chi connectivity index (χ0n) is 20.6. The predicted molar refractivity (Wildman–Crippen MR) is 134 cm³/mol. The molecule has 1 aromatic carbocycles. The molecule has 4 rings (SSSR count). The number of nitrogens with zero attached hydrogens (tertiary/aromatic N) is 3. The minimum Gasteiger partial charge on any atom is -0.345 e. The molecule has 8 heteroatoms. The van der Waals surface area contributed by atoms with Gasteiger partial charge in [-0.2, -0.15) is 0 Å². The van der Waals surface area contributed by atoms with Crippen molar-refractivity contribution in [3.63, 3.8) is 0 Å². The van der Waals surface area contributed by atoms with E-state index in [0.717, 1.165) is 55.8 Å². The van der Waals surface area contributed by atoms with Crippen LogP contribution in [0.3, 0.4) is 0 Å². The topological polar surface area (TPSA) is 73.0 Å². The summed E-state index contributed by atoms with van der Waals surface area (Å²) in [7, 11) is 1.78. The first kappa shape index (κ1) is 25.0. The maximum absolute atomic E-state index is 12.9. The SMILES string of the molecule is Cc1c(CN2CCN(C(=O)C3CCCC3)[C@@H](C)C2)cc(Cl)cc1NC(=O)C[C@H]1CC(=O)N(C)C1. The minimum absolute atomic E-state index is 0.0567. The highest BCUT2D eigenvalue weighted by Gasteiger charge is 2.33. The van der Waals surface area contributed by atoms with Gasteiger partial charge in [-0.1, -0.05) is 24.4 Å². The molecule has 2 atom stereocenters. The third-order valence-electron chi connectivity index (χ3n) is 7.74. The summed E-state index contributed by atoms with van der Waals surface area (Å²) in [6.07, 6.45) is 5.18.